The van der Waals surface area contributed by atoms with Crippen molar-refractivity contribution in [1.82, 2.24) is 0 Å². The lowest BCUT2D eigenvalue weighted by atomic mass is 9.61. The first kappa shape index (κ1) is 11.9. The van der Waals surface area contributed by atoms with Crippen LogP contribution in [0.15, 0.2) is 60.7 Å². The van der Waals surface area contributed by atoms with E-state index in [1.807, 2.05) is 12.1 Å². The van der Waals surface area contributed by atoms with Crippen molar-refractivity contribution in [2.24, 2.45) is 0 Å². The molecule has 0 heterocycles. The molecule has 0 spiro atoms. The predicted molar refractivity (Wildman–Crippen MR) is 90.0 cm³/mol. The van der Waals surface area contributed by atoms with Gasteiger partial charge >= 0.3 is 0 Å². The first-order valence-corrected chi connectivity index (χ1v) is 7.61. The van der Waals surface area contributed by atoms with Crippen LogP contribution in [-0.4, -0.2) is 0 Å². The molecule has 3 aliphatic rings. The van der Waals surface area contributed by atoms with Crippen LogP contribution in [0.25, 0.3) is 0 Å². The SMILES string of the molecule is Nc1ccc2c(c1)C1c3ccccc3C2c2ccc(N)cc21. The van der Waals surface area contributed by atoms with E-state index in [4.69, 9.17) is 11.5 Å². The highest BCUT2D eigenvalue weighted by molar-refractivity contribution is 5.71. The summed E-state index contributed by atoms with van der Waals surface area (Å²) in [7, 11) is 0. The van der Waals surface area contributed by atoms with Crippen molar-refractivity contribution in [3.63, 3.8) is 0 Å². The van der Waals surface area contributed by atoms with E-state index in [1.165, 1.54) is 33.4 Å². The van der Waals surface area contributed by atoms with E-state index in [2.05, 4.69) is 48.5 Å². The van der Waals surface area contributed by atoms with E-state index in [0.717, 1.165) is 11.4 Å². The van der Waals surface area contributed by atoms with Gasteiger partial charge < -0.3 is 11.5 Å². The summed E-state index contributed by atoms with van der Waals surface area (Å²) in [6, 6.07) is 21.4. The van der Waals surface area contributed by atoms with Gasteiger partial charge in [0.1, 0.15) is 0 Å². The van der Waals surface area contributed by atoms with E-state index in [1.54, 1.807) is 0 Å². The summed E-state index contributed by atoms with van der Waals surface area (Å²) in [6.07, 6.45) is 0. The number of nitrogen functional groups attached to an aromatic ring is 2. The molecule has 0 aliphatic heterocycles. The maximum atomic E-state index is 6.06. The highest BCUT2D eigenvalue weighted by atomic mass is 14.6. The molecule has 3 aromatic rings. The van der Waals surface area contributed by atoms with Crippen LogP contribution in [-0.2, 0) is 0 Å². The number of benzene rings is 3. The van der Waals surface area contributed by atoms with Gasteiger partial charge in [-0.15, -0.1) is 0 Å². The second-order valence-electron chi connectivity index (χ2n) is 6.27. The Bertz CT molecular complexity index is 873. The molecule has 4 N–H and O–H groups in total. The zero-order valence-electron chi connectivity index (χ0n) is 12.1. The van der Waals surface area contributed by atoms with Crippen LogP contribution in [0, 0.1) is 0 Å². The van der Waals surface area contributed by atoms with Crippen LogP contribution in [0.2, 0.25) is 0 Å². The molecule has 0 atom stereocenters. The molecular formula is C20H16N2. The lowest BCUT2D eigenvalue weighted by Crippen LogP contribution is -2.27. The summed E-state index contributed by atoms with van der Waals surface area (Å²) in [5.74, 6) is 0.547. The molecule has 22 heavy (non-hydrogen) atoms. The zero-order valence-corrected chi connectivity index (χ0v) is 12.1. The van der Waals surface area contributed by atoms with Crippen molar-refractivity contribution < 1.29 is 0 Å². The van der Waals surface area contributed by atoms with Gasteiger partial charge in [-0.3, -0.25) is 0 Å². The Balaban J connectivity index is 1.91. The van der Waals surface area contributed by atoms with Crippen LogP contribution in [0.5, 0.6) is 0 Å². The molecule has 0 saturated carbocycles. The number of hydrogen-bond donors (Lipinski definition) is 2. The molecule has 2 bridgehead atoms. The summed E-state index contributed by atoms with van der Waals surface area (Å²) in [4.78, 5) is 0. The normalized spacial score (nSPS) is 20.2. The molecule has 0 fully saturated rings. The average molecular weight is 284 g/mol. The van der Waals surface area contributed by atoms with Gasteiger partial charge in [-0.1, -0.05) is 36.4 Å². The summed E-state index contributed by atoms with van der Waals surface area (Å²) < 4.78 is 0. The third-order valence-electron chi connectivity index (χ3n) is 5.08. The van der Waals surface area contributed by atoms with Crippen LogP contribution in [0.4, 0.5) is 11.4 Å². The number of rotatable bonds is 0. The molecule has 0 radical (unpaired) electrons. The van der Waals surface area contributed by atoms with Crippen LogP contribution in [0.3, 0.4) is 0 Å². The molecular weight excluding hydrogens is 268 g/mol. The number of anilines is 2. The highest BCUT2D eigenvalue weighted by Crippen LogP contribution is 2.56. The van der Waals surface area contributed by atoms with Crippen LogP contribution in [0.1, 0.15) is 45.2 Å². The Labute approximate surface area is 129 Å². The molecule has 2 nitrogen and oxygen atoms in total. The molecule has 0 saturated heterocycles. The quantitative estimate of drug-likeness (QED) is 0.424. The molecule has 0 aromatic heterocycles. The minimum atomic E-state index is 0.248. The van der Waals surface area contributed by atoms with Gasteiger partial charge in [0.05, 0.1) is 0 Å². The van der Waals surface area contributed by atoms with Crippen LogP contribution < -0.4 is 11.5 Å². The predicted octanol–water partition coefficient (Wildman–Crippen LogP) is 3.84. The van der Waals surface area contributed by atoms with E-state index in [-0.39, 0.29) is 5.92 Å². The van der Waals surface area contributed by atoms with Crippen molar-refractivity contribution in [1.29, 1.82) is 0 Å². The Morgan fingerprint density at radius 3 is 1.41 bits per heavy atom. The van der Waals surface area contributed by atoms with Gasteiger partial charge in [0.2, 0.25) is 0 Å². The minimum absolute atomic E-state index is 0.248. The first-order chi connectivity index (χ1) is 10.7. The Morgan fingerprint density at radius 1 is 0.500 bits per heavy atom. The fraction of sp³-hybridized carbons (Fsp3) is 0.100. The molecule has 2 heteroatoms. The van der Waals surface area contributed by atoms with Gasteiger partial charge in [-0.25, -0.2) is 0 Å². The Hall–Kier alpha value is -2.74. The van der Waals surface area contributed by atoms with Gasteiger partial charge in [-0.2, -0.15) is 0 Å². The van der Waals surface area contributed by atoms with Crippen molar-refractivity contribution >= 4 is 11.4 Å². The standard InChI is InChI=1S/C20H16N2/c21-11-5-7-15-17(9-11)20-14-4-2-1-3-13(14)19(15)16-8-6-12(22)10-18(16)20/h1-10,19-20H,21-22H2. The lowest BCUT2D eigenvalue weighted by Gasteiger charge is -2.42. The summed E-state index contributed by atoms with van der Waals surface area (Å²) >= 11 is 0. The topological polar surface area (TPSA) is 52.0 Å². The summed E-state index contributed by atoms with van der Waals surface area (Å²) in [5, 5.41) is 0. The summed E-state index contributed by atoms with van der Waals surface area (Å²) in [5.41, 5.74) is 22.0. The Morgan fingerprint density at radius 2 is 0.909 bits per heavy atom. The molecule has 3 aromatic carbocycles. The van der Waals surface area contributed by atoms with Crippen molar-refractivity contribution in [2.75, 3.05) is 11.5 Å². The smallest absolute Gasteiger partial charge is 0.0350 e. The van der Waals surface area contributed by atoms with E-state index in [9.17, 15) is 0 Å². The largest absolute Gasteiger partial charge is 0.399 e. The highest BCUT2D eigenvalue weighted by Gasteiger charge is 2.40. The van der Waals surface area contributed by atoms with Crippen molar-refractivity contribution in [2.45, 2.75) is 11.8 Å². The second kappa shape index (κ2) is 3.92. The monoisotopic (exact) mass is 284 g/mol. The minimum Gasteiger partial charge on any atom is -0.399 e. The van der Waals surface area contributed by atoms with Gasteiger partial charge in [0, 0.05) is 23.2 Å². The molecule has 3 aliphatic carbocycles. The fourth-order valence-corrected chi connectivity index (χ4v) is 4.25. The maximum Gasteiger partial charge on any atom is 0.0350 e. The summed E-state index contributed by atoms with van der Waals surface area (Å²) in [6.45, 7) is 0. The molecule has 0 amide bonds. The van der Waals surface area contributed by atoms with Gasteiger partial charge in [0.25, 0.3) is 0 Å². The lowest BCUT2D eigenvalue weighted by molar-refractivity contribution is 0.755. The van der Waals surface area contributed by atoms with E-state index in [0.29, 0.717) is 5.92 Å². The third kappa shape index (κ3) is 1.34. The number of hydrogen-bond acceptors (Lipinski definition) is 2. The van der Waals surface area contributed by atoms with Crippen molar-refractivity contribution in [3.05, 3.63) is 94.0 Å². The first-order valence-electron chi connectivity index (χ1n) is 7.61. The molecule has 0 unspecified atom stereocenters. The maximum absolute atomic E-state index is 6.06. The van der Waals surface area contributed by atoms with E-state index < -0.39 is 0 Å². The number of nitrogens with two attached hydrogens (primary N) is 2. The second-order valence-corrected chi connectivity index (χ2v) is 6.27. The zero-order chi connectivity index (χ0) is 14.8. The molecule has 6 rings (SSSR count). The Kier molecular flexibility index (Phi) is 2.11. The van der Waals surface area contributed by atoms with E-state index >= 15 is 0 Å². The molecule has 106 valence electrons. The average Bonchev–Trinajstić information content (AvgIpc) is 2.54. The van der Waals surface area contributed by atoms with Crippen molar-refractivity contribution in [3.8, 4) is 0 Å². The van der Waals surface area contributed by atoms with Crippen LogP contribution >= 0.6 is 0 Å². The fourth-order valence-electron chi connectivity index (χ4n) is 4.25. The van der Waals surface area contributed by atoms with Gasteiger partial charge in [0.15, 0.2) is 0 Å². The third-order valence-corrected chi connectivity index (χ3v) is 5.08. The van der Waals surface area contributed by atoms with Gasteiger partial charge in [-0.05, 0) is 57.6 Å².